The average molecular weight is 269 g/mol. The number of hydrogen-bond acceptors (Lipinski definition) is 4. The molecule has 0 unspecified atom stereocenters. The molecular formula is C8H9ClO4S2. The normalized spacial score (nSPS) is 12.7. The summed E-state index contributed by atoms with van der Waals surface area (Å²) in [5, 5.41) is 0. The van der Waals surface area contributed by atoms with Crippen molar-refractivity contribution in [1.29, 1.82) is 0 Å². The van der Waals surface area contributed by atoms with Crippen LogP contribution in [-0.2, 0) is 18.9 Å². The third kappa shape index (κ3) is 2.93. The van der Waals surface area contributed by atoms with E-state index in [1.165, 1.54) is 25.1 Å². The summed E-state index contributed by atoms with van der Waals surface area (Å²) in [6.07, 6.45) is 1.05. The first-order valence-corrected chi connectivity index (χ1v) is 8.08. The minimum atomic E-state index is -3.82. The summed E-state index contributed by atoms with van der Waals surface area (Å²) in [7, 11) is -1.99. The SMILES string of the molecule is Cc1cc(S(C)(=O)=O)ccc1S(=O)(=O)Cl. The number of halogens is 1. The second kappa shape index (κ2) is 3.77. The Labute approximate surface area is 93.2 Å². The van der Waals surface area contributed by atoms with Gasteiger partial charge in [-0.25, -0.2) is 16.8 Å². The first kappa shape index (κ1) is 12.5. The number of hydrogen-bond donors (Lipinski definition) is 0. The minimum absolute atomic E-state index is 0.0726. The van der Waals surface area contributed by atoms with Crippen molar-refractivity contribution in [3.05, 3.63) is 23.8 Å². The van der Waals surface area contributed by atoms with Gasteiger partial charge in [0, 0.05) is 16.9 Å². The maximum atomic E-state index is 11.2. The Kier molecular flexibility index (Phi) is 3.14. The van der Waals surface area contributed by atoms with E-state index in [2.05, 4.69) is 0 Å². The Morgan fingerprint density at radius 1 is 1.13 bits per heavy atom. The molecule has 0 aliphatic heterocycles. The summed E-state index contributed by atoms with van der Waals surface area (Å²) in [4.78, 5) is 0.000586. The molecule has 84 valence electrons. The fourth-order valence-corrected chi connectivity index (χ4v) is 3.03. The second-order valence-electron chi connectivity index (χ2n) is 3.14. The van der Waals surface area contributed by atoms with Gasteiger partial charge in [-0.05, 0) is 30.7 Å². The molecule has 15 heavy (non-hydrogen) atoms. The van der Waals surface area contributed by atoms with E-state index in [0.29, 0.717) is 5.56 Å². The summed E-state index contributed by atoms with van der Waals surface area (Å²) in [6.45, 7) is 1.49. The number of sulfone groups is 1. The van der Waals surface area contributed by atoms with E-state index in [-0.39, 0.29) is 9.79 Å². The highest BCUT2D eigenvalue weighted by atomic mass is 35.7. The van der Waals surface area contributed by atoms with Crippen molar-refractivity contribution in [3.63, 3.8) is 0 Å². The van der Waals surface area contributed by atoms with Gasteiger partial charge in [0.15, 0.2) is 9.84 Å². The molecule has 4 nitrogen and oxygen atoms in total. The molecule has 0 heterocycles. The lowest BCUT2D eigenvalue weighted by Crippen LogP contribution is -2.00. The average Bonchev–Trinajstić information content (AvgIpc) is 1.99. The molecule has 0 radical (unpaired) electrons. The van der Waals surface area contributed by atoms with Crippen LogP contribution in [0.15, 0.2) is 28.0 Å². The molecular weight excluding hydrogens is 260 g/mol. The van der Waals surface area contributed by atoms with Gasteiger partial charge in [0.25, 0.3) is 9.05 Å². The summed E-state index contributed by atoms with van der Waals surface area (Å²) in [5.41, 5.74) is 0.313. The maximum Gasteiger partial charge on any atom is 0.261 e. The van der Waals surface area contributed by atoms with Crippen LogP contribution in [0.4, 0.5) is 0 Å². The third-order valence-corrected chi connectivity index (χ3v) is 4.43. The lowest BCUT2D eigenvalue weighted by atomic mass is 10.2. The zero-order valence-corrected chi connectivity index (χ0v) is 10.4. The molecule has 1 rings (SSSR count). The van der Waals surface area contributed by atoms with Crippen LogP contribution < -0.4 is 0 Å². The van der Waals surface area contributed by atoms with E-state index >= 15 is 0 Å². The topological polar surface area (TPSA) is 68.3 Å². The first-order valence-electron chi connectivity index (χ1n) is 3.88. The van der Waals surface area contributed by atoms with Crippen LogP contribution in [0.1, 0.15) is 5.56 Å². The number of aryl methyl sites for hydroxylation is 1. The Hall–Kier alpha value is -0.590. The lowest BCUT2D eigenvalue weighted by molar-refractivity contribution is 0.600. The van der Waals surface area contributed by atoms with Crippen LogP contribution in [0.5, 0.6) is 0 Å². The van der Waals surface area contributed by atoms with Crippen LogP contribution in [-0.4, -0.2) is 23.1 Å². The van der Waals surface area contributed by atoms with Crippen LogP contribution >= 0.6 is 10.7 Å². The predicted octanol–water partition coefficient (Wildman–Crippen LogP) is 1.33. The summed E-state index contributed by atoms with van der Waals surface area (Å²) in [6, 6.07) is 3.69. The number of benzene rings is 1. The quantitative estimate of drug-likeness (QED) is 0.759. The van der Waals surface area contributed by atoms with Crippen molar-refractivity contribution in [1.82, 2.24) is 0 Å². The second-order valence-corrected chi connectivity index (χ2v) is 7.69. The largest absolute Gasteiger partial charge is 0.261 e. The van der Waals surface area contributed by atoms with Crippen LogP contribution in [0.2, 0.25) is 0 Å². The standard InChI is InChI=1S/C8H9ClO4S2/c1-6-5-7(14(2,10)11)3-4-8(6)15(9,12)13/h3-5H,1-2H3. The van der Waals surface area contributed by atoms with E-state index < -0.39 is 18.9 Å². The van der Waals surface area contributed by atoms with Crippen LogP contribution in [0, 0.1) is 6.92 Å². The van der Waals surface area contributed by atoms with Crippen molar-refractivity contribution in [2.45, 2.75) is 16.7 Å². The molecule has 0 atom stereocenters. The van der Waals surface area contributed by atoms with Crippen LogP contribution in [0.3, 0.4) is 0 Å². The van der Waals surface area contributed by atoms with Gasteiger partial charge in [-0.1, -0.05) is 0 Å². The highest BCUT2D eigenvalue weighted by molar-refractivity contribution is 8.13. The Balaban J connectivity index is 3.47. The van der Waals surface area contributed by atoms with E-state index in [0.717, 1.165) is 6.26 Å². The molecule has 1 aromatic rings. The fraction of sp³-hybridized carbons (Fsp3) is 0.250. The first-order chi connectivity index (χ1) is 6.62. The Bertz CT molecular complexity index is 587. The van der Waals surface area contributed by atoms with Crippen molar-refractivity contribution in [2.75, 3.05) is 6.26 Å². The molecule has 0 aliphatic rings. The molecule has 0 bridgehead atoms. The van der Waals surface area contributed by atoms with Gasteiger partial charge in [0.2, 0.25) is 0 Å². The minimum Gasteiger partial charge on any atom is -0.224 e. The predicted molar refractivity (Wildman–Crippen MR) is 57.3 cm³/mol. The van der Waals surface area contributed by atoms with E-state index in [9.17, 15) is 16.8 Å². The van der Waals surface area contributed by atoms with Crippen molar-refractivity contribution < 1.29 is 16.8 Å². The van der Waals surface area contributed by atoms with Crippen LogP contribution in [0.25, 0.3) is 0 Å². The highest BCUT2D eigenvalue weighted by Gasteiger charge is 2.16. The molecule has 7 heteroatoms. The monoisotopic (exact) mass is 268 g/mol. The summed E-state index contributed by atoms with van der Waals surface area (Å²) < 4.78 is 44.4. The molecule has 0 saturated carbocycles. The van der Waals surface area contributed by atoms with Gasteiger partial charge in [-0.15, -0.1) is 0 Å². The smallest absolute Gasteiger partial charge is 0.224 e. The molecule has 0 N–H and O–H groups in total. The Morgan fingerprint density at radius 2 is 1.67 bits per heavy atom. The Morgan fingerprint density at radius 3 is 2.00 bits per heavy atom. The summed E-state index contributed by atoms with van der Waals surface area (Å²) >= 11 is 0. The molecule has 0 aromatic heterocycles. The van der Waals surface area contributed by atoms with E-state index in [1.807, 2.05) is 0 Å². The van der Waals surface area contributed by atoms with Gasteiger partial charge in [-0.2, -0.15) is 0 Å². The molecule has 0 amide bonds. The van der Waals surface area contributed by atoms with E-state index in [4.69, 9.17) is 10.7 Å². The zero-order chi connectivity index (χ0) is 11.9. The molecule has 0 aliphatic carbocycles. The number of rotatable bonds is 2. The fourth-order valence-electron chi connectivity index (χ4n) is 1.13. The lowest BCUT2D eigenvalue weighted by Gasteiger charge is -2.04. The van der Waals surface area contributed by atoms with Crippen molar-refractivity contribution in [2.24, 2.45) is 0 Å². The summed E-state index contributed by atoms with van der Waals surface area (Å²) in [5.74, 6) is 0. The van der Waals surface area contributed by atoms with Crippen molar-refractivity contribution in [3.8, 4) is 0 Å². The van der Waals surface area contributed by atoms with Crippen molar-refractivity contribution >= 4 is 29.6 Å². The van der Waals surface area contributed by atoms with Gasteiger partial charge < -0.3 is 0 Å². The van der Waals surface area contributed by atoms with E-state index in [1.54, 1.807) is 0 Å². The maximum absolute atomic E-state index is 11.2. The van der Waals surface area contributed by atoms with Gasteiger partial charge in [0.05, 0.1) is 9.79 Å². The van der Waals surface area contributed by atoms with Gasteiger partial charge >= 0.3 is 0 Å². The molecule has 0 saturated heterocycles. The van der Waals surface area contributed by atoms with Gasteiger partial charge in [-0.3, -0.25) is 0 Å². The molecule has 0 spiro atoms. The van der Waals surface area contributed by atoms with Gasteiger partial charge in [0.1, 0.15) is 0 Å². The zero-order valence-electron chi connectivity index (χ0n) is 8.06. The molecule has 0 fully saturated rings. The third-order valence-electron chi connectivity index (χ3n) is 1.84. The molecule has 1 aromatic carbocycles. The highest BCUT2D eigenvalue weighted by Crippen LogP contribution is 2.22.